The predicted molar refractivity (Wildman–Crippen MR) is 72.0 cm³/mol. The zero-order valence-corrected chi connectivity index (χ0v) is 11.7. The van der Waals surface area contributed by atoms with Crippen molar-refractivity contribution in [3.8, 4) is 0 Å². The summed E-state index contributed by atoms with van der Waals surface area (Å²) in [4.78, 5) is 28.8. The largest absolute Gasteiger partial charge is 0.469 e. The van der Waals surface area contributed by atoms with Crippen LogP contribution in [0.1, 0.15) is 6.42 Å². The van der Waals surface area contributed by atoms with Crippen LogP contribution < -0.4 is 4.90 Å². The first-order valence-electron chi connectivity index (χ1n) is 6.13. The van der Waals surface area contributed by atoms with E-state index in [1.807, 2.05) is 0 Å². The van der Waals surface area contributed by atoms with Crippen molar-refractivity contribution in [1.82, 2.24) is 4.98 Å². The van der Waals surface area contributed by atoms with Crippen LogP contribution in [0.5, 0.6) is 0 Å². The monoisotopic (exact) mass is 312 g/mol. The van der Waals surface area contributed by atoms with E-state index in [4.69, 9.17) is 0 Å². The summed E-state index contributed by atoms with van der Waals surface area (Å²) in [5.74, 6) is -2.79. The third-order valence-electron chi connectivity index (χ3n) is 3.29. The molecule has 21 heavy (non-hydrogen) atoms. The number of aromatic nitrogens is 1. The summed E-state index contributed by atoms with van der Waals surface area (Å²) in [7, 11) is 1.26. The molecular formula is C13H10F2N2O3S. The van der Waals surface area contributed by atoms with E-state index < -0.39 is 23.5 Å². The topological polar surface area (TPSA) is 59.5 Å². The van der Waals surface area contributed by atoms with Crippen molar-refractivity contribution in [3.63, 3.8) is 0 Å². The lowest BCUT2D eigenvalue weighted by Gasteiger charge is -2.11. The quantitative estimate of drug-likeness (QED) is 0.797. The number of carbonyl (C=O) groups excluding carboxylic acids is 2. The fourth-order valence-electron chi connectivity index (χ4n) is 2.28. The highest BCUT2D eigenvalue weighted by Gasteiger charge is 2.37. The Hall–Kier alpha value is -2.09. The Kier molecular flexibility index (Phi) is 3.32. The Morgan fingerprint density at radius 2 is 2.24 bits per heavy atom. The molecule has 1 aliphatic rings. The van der Waals surface area contributed by atoms with E-state index in [9.17, 15) is 18.4 Å². The van der Waals surface area contributed by atoms with E-state index in [0.717, 1.165) is 23.5 Å². The van der Waals surface area contributed by atoms with E-state index >= 15 is 0 Å². The maximum absolute atomic E-state index is 13.6. The normalized spacial score (nSPS) is 18.5. The number of esters is 1. The molecule has 2 heterocycles. The second-order valence-electron chi connectivity index (χ2n) is 4.66. The molecular weight excluding hydrogens is 302 g/mol. The molecule has 0 aliphatic carbocycles. The van der Waals surface area contributed by atoms with E-state index in [1.54, 1.807) is 0 Å². The average Bonchev–Trinajstić information content (AvgIpc) is 3.01. The summed E-state index contributed by atoms with van der Waals surface area (Å²) in [6.07, 6.45) is 0.0272. The number of amides is 1. The van der Waals surface area contributed by atoms with E-state index in [1.165, 1.54) is 12.0 Å². The molecule has 0 spiro atoms. The zero-order valence-electron chi connectivity index (χ0n) is 10.9. The number of fused-ring (bicyclic) bond motifs is 1. The Labute approximate surface area is 122 Å². The second kappa shape index (κ2) is 5.03. The molecule has 1 unspecified atom stereocenters. The van der Waals surface area contributed by atoms with Crippen molar-refractivity contribution in [3.05, 3.63) is 23.8 Å². The van der Waals surface area contributed by atoms with Crippen molar-refractivity contribution in [2.24, 2.45) is 5.92 Å². The van der Waals surface area contributed by atoms with Crippen LogP contribution in [0.15, 0.2) is 12.1 Å². The molecule has 1 amide bonds. The number of methoxy groups -OCH3 is 1. The van der Waals surface area contributed by atoms with Gasteiger partial charge in [0.25, 0.3) is 0 Å². The smallest absolute Gasteiger partial charge is 0.311 e. The molecule has 1 aliphatic heterocycles. The summed E-state index contributed by atoms with van der Waals surface area (Å²) < 4.78 is 31.7. The van der Waals surface area contributed by atoms with Gasteiger partial charge in [0.05, 0.1) is 17.7 Å². The van der Waals surface area contributed by atoms with Gasteiger partial charge in [-0.05, 0) is 6.07 Å². The van der Waals surface area contributed by atoms with Gasteiger partial charge in [-0.1, -0.05) is 11.3 Å². The van der Waals surface area contributed by atoms with Crippen LogP contribution in [-0.2, 0) is 14.3 Å². The third kappa shape index (κ3) is 2.35. The SMILES string of the molecule is COC(=O)C1CC(=O)N(c2nc3c(F)cc(F)cc3s2)C1. The van der Waals surface area contributed by atoms with Gasteiger partial charge in [0.2, 0.25) is 5.91 Å². The van der Waals surface area contributed by atoms with Gasteiger partial charge >= 0.3 is 5.97 Å². The van der Waals surface area contributed by atoms with Crippen molar-refractivity contribution in [1.29, 1.82) is 0 Å². The Balaban J connectivity index is 1.96. The van der Waals surface area contributed by atoms with E-state index in [0.29, 0.717) is 4.70 Å². The molecule has 1 aromatic carbocycles. The van der Waals surface area contributed by atoms with E-state index in [-0.39, 0.29) is 29.5 Å². The van der Waals surface area contributed by atoms with Crippen LogP contribution in [0.25, 0.3) is 10.2 Å². The Morgan fingerprint density at radius 3 is 2.95 bits per heavy atom. The van der Waals surface area contributed by atoms with Crippen molar-refractivity contribution < 1.29 is 23.1 Å². The summed E-state index contributed by atoms with van der Waals surface area (Å²) >= 11 is 1.01. The summed E-state index contributed by atoms with van der Waals surface area (Å²) in [6.45, 7) is 0.134. The van der Waals surface area contributed by atoms with Crippen LogP contribution in [0.4, 0.5) is 13.9 Å². The van der Waals surface area contributed by atoms with Crippen LogP contribution in [-0.4, -0.2) is 30.5 Å². The molecule has 0 radical (unpaired) electrons. The van der Waals surface area contributed by atoms with Gasteiger partial charge in [-0.25, -0.2) is 13.8 Å². The lowest BCUT2D eigenvalue weighted by Crippen LogP contribution is -2.25. The van der Waals surface area contributed by atoms with Gasteiger partial charge in [-0.3, -0.25) is 14.5 Å². The van der Waals surface area contributed by atoms with E-state index in [2.05, 4.69) is 9.72 Å². The van der Waals surface area contributed by atoms with Crippen LogP contribution >= 0.6 is 11.3 Å². The maximum atomic E-state index is 13.6. The molecule has 2 aromatic rings. The van der Waals surface area contributed by atoms with Crippen molar-refractivity contribution in [2.45, 2.75) is 6.42 Å². The molecule has 0 bridgehead atoms. The number of anilines is 1. The minimum Gasteiger partial charge on any atom is -0.469 e. The minimum atomic E-state index is -0.774. The fraction of sp³-hybridized carbons (Fsp3) is 0.308. The van der Waals surface area contributed by atoms with Crippen molar-refractivity contribution in [2.75, 3.05) is 18.6 Å². The number of carbonyl (C=O) groups is 2. The lowest BCUT2D eigenvalue weighted by atomic mass is 10.1. The predicted octanol–water partition coefficient (Wildman–Crippen LogP) is 2.10. The minimum absolute atomic E-state index is 0.0192. The van der Waals surface area contributed by atoms with Crippen molar-refractivity contribution >= 4 is 38.6 Å². The first-order valence-corrected chi connectivity index (χ1v) is 6.95. The molecule has 8 heteroatoms. The third-order valence-corrected chi connectivity index (χ3v) is 4.32. The number of ether oxygens (including phenoxy) is 1. The molecule has 3 rings (SSSR count). The molecule has 110 valence electrons. The molecule has 0 saturated carbocycles. The van der Waals surface area contributed by atoms with Gasteiger partial charge in [0.15, 0.2) is 10.9 Å². The highest BCUT2D eigenvalue weighted by atomic mass is 32.1. The molecule has 1 fully saturated rings. The summed E-state index contributed by atoms with van der Waals surface area (Å²) in [6, 6.07) is 1.91. The molecule has 0 N–H and O–H groups in total. The number of hydrogen-bond donors (Lipinski definition) is 0. The first-order chi connectivity index (χ1) is 9.99. The Morgan fingerprint density at radius 1 is 1.48 bits per heavy atom. The molecule has 1 atom stereocenters. The van der Waals surface area contributed by atoms with Crippen LogP contribution in [0.2, 0.25) is 0 Å². The van der Waals surface area contributed by atoms with Crippen LogP contribution in [0.3, 0.4) is 0 Å². The molecule has 1 saturated heterocycles. The van der Waals surface area contributed by atoms with Gasteiger partial charge < -0.3 is 4.74 Å². The average molecular weight is 312 g/mol. The maximum Gasteiger partial charge on any atom is 0.311 e. The molecule has 1 aromatic heterocycles. The number of halogens is 2. The highest BCUT2D eigenvalue weighted by molar-refractivity contribution is 7.22. The summed E-state index contributed by atoms with van der Waals surface area (Å²) in [5.41, 5.74) is 0.0192. The number of hydrogen-bond acceptors (Lipinski definition) is 5. The van der Waals surface area contributed by atoms with Gasteiger partial charge in [-0.15, -0.1) is 0 Å². The molecule has 5 nitrogen and oxygen atoms in total. The highest BCUT2D eigenvalue weighted by Crippen LogP contribution is 2.34. The first kappa shape index (κ1) is 13.9. The zero-order chi connectivity index (χ0) is 15.1. The van der Waals surface area contributed by atoms with Gasteiger partial charge in [0.1, 0.15) is 11.3 Å². The van der Waals surface area contributed by atoms with Gasteiger partial charge in [-0.2, -0.15) is 0 Å². The Bertz CT molecular complexity index is 746. The number of rotatable bonds is 2. The van der Waals surface area contributed by atoms with Crippen LogP contribution in [0, 0.1) is 17.6 Å². The standard InChI is InChI=1S/C13H10F2N2O3S/c1-20-12(19)6-2-10(18)17(5-6)13-16-11-8(15)3-7(14)4-9(11)21-13/h3-4,6H,2,5H2,1H3. The number of benzene rings is 1. The summed E-state index contributed by atoms with van der Waals surface area (Å²) in [5, 5.41) is 0.255. The lowest BCUT2D eigenvalue weighted by molar-refractivity contribution is -0.145. The number of thiazole rings is 1. The second-order valence-corrected chi connectivity index (χ2v) is 5.67. The van der Waals surface area contributed by atoms with Gasteiger partial charge in [0, 0.05) is 19.0 Å². The number of nitrogens with zero attached hydrogens (tertiary/aromatic N) is 2. The fourth-order valence-corrected chi connectivity index (χ4v) is 3.31.